The van der Waals surface area contributed by atoms with Crippen molar-refractivity contribution in [3.63, 3.8) is 0 Å². The van der Waals surface area contributed by atoms with Gasteiger partial charge in [0, 0.05) is 13.1 Å². The first-order chi connectivity index (χ1) is 9.69. The van der Waals surface area contributed by atoms with Crippen molar-refractivity contribution in [3.05, 3.63) is 29.6 Å². The zero-order chi connectivity index (χ0) is 15.8. The highest BCUT2D eigenvalue weighted by atomic mass is 35.5. The fourth-order valence-corrected chi connectivity index (χ4v) is 3.23. The summed E-state index contributed by atoms with van der Waals surface area (Å²) in [5.41, 5.74) is 3.60. The Morgan fingerprint density at radius 3 is 2.57 bits per heavy atom. The average Bonchev–Trinajstić information content (AvgIpc) is 2.64. The summed E-state index contributed by atoms with van der Waals surface area (Å²) in [6, 6.07) is 6.43. The van der Waals surface area contributed by atoms with Gasteiger partial charge >= 0.3 is 0 Å². The van der Waals surface area contributed by atoms with Crippen LogP contribution in [-0.4, -0.2) is 35.1 Å². The zero-order valence-corrected chi connectivity index (χ0v) is 14.7. The summed E-state index contributed by atoms with van der Waals surface area (Å²) in [6.45, 7) is 10.6. The second-order valence-corrected chi connectivity index (χ2v) is 7.72. The van der Waals surface area contributed by atoms with Gasteiger partial charge < -0.3 is 9.47 Å². The van der Waals surface area contributed by atoms with E-state index in [1.54, 1.807) is 0 Å². The third-order valence-corrected chi connectivity index (χ3v) is 3.81. The van der Waals surface area contributed by atoms with Crippen LogP contribution in [0.2, 0.25) is 0 Å². The molecule has 0 radical (unpaired) electrons. The molecule has 0 aliphatic rings. The summed E-state index contributed by atoms with van der Waals surface area (Å²) in [5, 5.41) is -0.0899. The van der Waals surface area contributed by atoms with Gasteiger partial charge in [0.15, 0.2) is 0 Å². The van der Waals surface area contributed by atoms with E-state index in [0.717, 1.165) is 24.4 Å². The van der Waals surface area contributed by atoms with Crippen LogP contribution < -0.4 is 0 Å². The second-order valence-electron chi connectivity index (χ2n) is 7.07. The lowest BCUT2D eigenvalue weighted by Gasteiger charge is -2.30. The first-order valence-electron chi connectivity index (χ1n) is 7.45. The fraction of sp³-hybridized carbons (Fsp3) is 0.588. The zero-order valence-electron chi connectivity index (χ0n) is 13.9. The molecule has 1 atom stereocenters. The van der Waals surface area contributed by atoms with Crippen molar-refractivity contribution in [1.29, 1.82) is 0 Å². The van der Waals surface area contributed by atoms with E-state index in [-0.39, 0.29) is 10.8 Å². The molecule has 21 heavy (non-hydrogen) atoms. The predicted octanol–water partition coefficient (Wildman–Crippen LogP) is 4.23. The molecule has 1 heterocycles. The standard InChI is InChI=1S/C17H26ClN3/c1-12-7-8-15-14(9-12)19-16(13(2)18)21(15)11-17(3,4)10-20(5)6/h7-9,13H,10-11H2,1-6H3. The van der Waals surface area contributed by atoms with E-state index in [1.807, 2.05) is 6.92 Å². The van der Waals surface area contributed by atoms with E-state index in [4.69, 9.17) is 16.6 Å². The van der Waals surface area contributed by atoms with Gasteiger partial charge in [-0.1, -0.05) is 19.9 Å². The first kappa shape index (κ1) is 16.3. The van der Waals surface area contributed by atoms with Crippen molar-refractivity contribution in [2.75, 3.05) is 20.6 Å². The largest absolute Gasteiger partial charge is 0.326 e. The molecule has 3 nitrogen and oxygen atoms in total. The Morgan fingerprint density at radius 1 is 1.33 bits per heavy atom. The number of rotatable bonds is 5. The number of aromatic nitrogens is 2. The summed E-state index contributed by atoms with van der Waals surface area (Å²) in [7, 11) is 4.23. The van der Waals surface area contributed by atoms with Gasteiger partial charge in [-0.2, -0.15) is 0 Å². The van der Waals surface area contributed by atoms with Gasteiger partial charge in [0.25, 0.3) is 0 Å². The molecule has 1 aromatic heterocycles. The molecule has 0 fully saturated rings. The van der Waals surface area contributed by atoms with Gasteiger partial charge in [-0.05, 0) is 51.1 Å². The third-order valence-electron chi connectivity index (χ3n) is 3.62. The van der Waals surface area contributed by atoms with E-state index < -0.39 is 0 Å². The van der Waals surface area contributed by atoms with E-state index in [2.05, 4.69) is 62.5 Å². The summed E-state index contributed by atoms with van der Waals surface area (Å²) in [4.78, 5) is 6.98. The first-order valence-corrected chi connectivity index (χ1v) is 7.89. The van der Waals surface area contributed by atoms with Crippen LogP contribution in [0.4, 0.5) is 0 Å². The average molecular weight is 308 g/mol. The molecule has 0 saturated heterocycles. The summed E-state index contributed by atoms with van der Waals surface area (Å²) in [5.74, 6) is 0.962. The number of hydrogen-bond donors (Lipinski definition) is 0. The number of hydrogen-bond acceptors (Lipinski definition) is 2. The summed E-state index contributed by atoms with van der Waals surface area (Å²) in [6.07, 6.45) is 0. The molecule has 0 spiro atoms. The fourth-order valence-electron chi connectivity index (χ4n) is 3.06. The van der Waals surface area contributed by atoms with Crippen molar-refractivity contribution in [2.45, 2.75) is 39.6 Å². The number of halogens is 1. The topological polar surface area (TPSA) is 21.1 Å². The number of benzene rings is 1. The molecule has 2 rings (SSSR count). The van der Waals surface area contributed by atoms with Gasteiger partial charge in [-0.25, -0.2) is 4.98 Å². The second kappa shape index (κ2) is 5.98. The highest BCUT2D eigenvalue weighted by Crippen LogP contribution is 2.29. The molecule has 2 aromatic rings. The van der Waals surface area contributed by atoms with Gasteiger partial charge in [-0.3, -0.25) is 0 Å². The van der Waals surface area contributed by atoms with E-state index in [1.165, 1.54) is 11.1 Å². The van der Waals surface area contributed by atoms with E-state index in [0.29, 0.717) is 0 Å². The molecule has 1 unspecified atom stereocenters. The Labute approximate surface area is 132 Å². The third kappa shape index (κ3) is 3.78. The lowest BCUT2D eigenvalue weighted by Crippen LogP contribution is -2.32. The van der Waals surface area contributed by atoms with Gasteiger partial charge in [0.2, 0.25) is 0 Å². The number of imidazole rings is 1. The maximum absolute atomic E-state index is 6.36. The lowest BCUT2D eigenvalue weighted by atomic mass is 9.92. The summed E-state index contributed by atoms with van der Waals surface area (Å²) >= 11 is 6.36. The van der Waals surface area contributed by atoms with Gasteiger partial charge in [0.1, 0.15) is 5.82 Å². The number of aryl methyl sites for hydroxylation is 1. The quantitative estimate of drug-likeness (QED) is 0.771. The molecule has 0 N–H and O–H groups in total. The molecule has 1 aromatic carbocycles. The molecule has 0 amide bonds. The minimum Gasteiger partial charge on any atom is -0.326 e. The Balaban J connectivity index is 2.48. The Kier molecular flexibility index (Phi) is 4.64. The lowest BCUT2D eigenvalue weighted by molar-refractivity contribution is 0.211. The normalized spacial score (nSPS) is 14.1. The minimum atomic E-state index is -0.0899. The highest BCUT2D eigenvalue weighted by Gasteiger charge is 2.24. The van der Waals surface area contributed by atoms with E-state index in [9.17, 15) is 0 Å². The van der Waals surface area contributed by atoms with Crippen LogP contribution in [0.15, 0.2) is 18.2 Å². The molecule has 0 aliphatic carbocycles. The maximum Gasteiger partial charge on any atom is 0.127 e. The molecular formula is C17H26ClN3. The van der Waals surface area contributed by atoms with Crippen molar-refractivity contribution in [2.24, 2.45) is 5.41 Å². The maximum atomic E-state index is 6.36. The van der Waals surface area contributed by atoms with Crippen molar-refractivity contribution in [1.82, 2.24) is 14.5 Å². The molecule has 4 heteroatoms. The number of nitrogens with zero attached hydrogens (tertiary/aromatic N) is 3. The van der Waals surface area contributed by atoms with Crippen LogP contribution >= 0.6 is 11.6 Å². The van der Waals surface area contributed by atoms with Crippen molar-refractivity contribution in [3.8, 4) is 0 Å². The van der Waals surface area contributed by atoms with Gasteiger partial charge in [0.05, 0.1) is 16.4 Å². The number of fused-ring (bicyclic) bond motifs is 1. The molecule has 0 saturated carbocycles. The number of alkyl halides is 1. The van der Waals surface area contributed by atoms with Crippen molar-refractivity contribution < 1.29 is 0 Å². The Bertz CT molecular complexity index is 626. The monoisotopic (exact) mass is 307 g/mol. The Hall–Kier alpha value is -1.06. The SMILES string of the molecule is Cc1ccc2c(c1)nc(C(C)Cl)n2CC(C)(C)CN(C)C. The predicted molar refractivity (Wildman–Crippen MR) is 91.1 cm³/mol. The Morgan fingerprint density at radius 2 is 2.00 bits per heavy atom. The summed E-state index contributed by atoms with van der Waals surface area (Å²) < 4.78 is 2.29. The van der Waals surface area contributed by atoms with Gasteiger partial charge in [-0.15, -0.1) is 11.6 Å². The highest BCUT2D eigenvalue weighted by molar-refractivity contribution is 6.20. The van der Waals surface area contributed by atoms with Crippen LogP contribution in [0.5, 0.6) is 0 Å². The van der Waals surface area contributed by atoms with Crippen molar-refractivity contribution >= 4 is 22.6 Å². The molecular weight excluding hydrogens is 282 g/mol. The van der Waals surface area contributed by atoms with Crippen LogP contribution in [0.3, 0.4) is 0 Å². The van der Waals surface area contributed by atoms with Crippen LogP contribution in [0, 0.1) is 12.3 Å². The molecule has 0 bridgehead atoms. The smallest absolute Gasteiger partial charge is 0.127 e. The minimum absolute atomic E-state index is 0.0899. The van der Waals surface area contributed by atoms with Crippen LogP contribution in [0.1, 0.15) is 37.5 Å². The molecule has 116 valence electrons. The van der Waals surface area contributed by atoms with E-state index >= 15 is 0 Å². The van der Waals surface area contributed by atoms with Crippen LogP contribution in [-0.2, 0) is 6.54 Å². The van der Waals surface area contributed by atoms with Crippen LogP contribution in [0.25, 0.3) is 11.0 Å². The molecule has 0 aliphatic heterocycles.